The van der Waals surface area contributed by atoms with Gasteiger partial charge < -0.3 is 15.4 Å². The van der Waals surface area contributed by atoms with Gasteiger partial charge in [0.15, 0.2) is 0 Å². The summed E-state index contributed by atoms with van der Waals surface area (Å²) in [7, 11) is 3.18. The van der Waals surface area contributed by atoms with Crippen LogP contribution in [0.4, 0.5) is 5.69 Å². The quantitative estimate of drug-likeness (QED) is 0.815. The average molecular weight is 243 g/mol. The molecule has 1 aromatic carbocycles. The van der Waals surface area contributed by atoms with Gasteiger partial charge in [-0.1, -0.05) is 11.6 Å². The number of anilines is 1. The fourth-order valence-corrected chi connectivity index (χ4v) is 1.47. The second kappa shape index (κ2) is 5.72. The maximum Gasteiger partial charge on any atom is 0.248 e. The Morgan fingerprint density at radius 2 is 2.25 bits per heavy atom. The molecule has 0 saturated carbocycles. The highest BCUT2D eigenvalue weighted by Crippen LogP contribution is 2.20. The van der Waals surface area contributed by atoms with E-state index in [9.17, 15) is 4.79 Å². The molecule has 0 bridgehead atoms. The van der Waals surface area contributed by atoms with E-state index in [1.54, 1.807) is 30.1 Å². The number of hydrogen-bond donors (Lipinski definition) is 1. The lowest BCUT2D eigenvalue weighted by molar-refractivity contribution is -0.134. The van der Waals surface area contributed by atoms with Gasteiger partial charge in [0, 0.05) is 31.4 Å². The highest BCUT2D eigenvalue weighted by atomic mass is 35.5. The lowest BCUT2D eigenvalue weighted by atomic mass is 10.2. The van der Waals surface area contributed by atoms with Gasteiger partial charge in [0.25, 0.3) is 0 Å². The SMILES string of the molecule is COCC(=O)N(C)Cc1cc(N)ccc1Cl. The van der Waals surface area contributed by atoms with Crippen molar-refractivity contribution in [2.24, 2.45) is 0 Å². The molecule has 16 heavy (non-hydrogen) atoms. The summed E-state index contributed by atoms with van der Waals surface area (Å²) in [6.45, 7) is 0.489. The summed E-state index contributed by atoms with van der Waals surface area (Å²) in [6, 6.07) is 5.21. The fraction of sp³-hybridized carbons (Fsp3) is 0.364. The van der Waals surface area contributed by atoms with Gasteiger partial charge in [0.05, 0.1) is 0 Å². The number of hydrogen-bond acceptors (Lipinski definition) is 3. The van der Waals surface area contributed by atoms with Gasteiger partial charge in [-0.25, -0.2) is 0 Å². The van der Waals surface area contributed by atoms with Crippen LogP contribution in [-0.4, -0.2) is 31.6 Å². The average Bonchev–Trinajstić information content (AvgIpc) is 2.23. The molecule has 1 amide bonds. The minimum atomic E-state index is -0.0963. The van der Waals surface area contributed by atoms with Crippen LogP contribution in [0.3, 0.4) is 0 Å². The van der Waals surface area contributed by atoms with Crippen LogP contribution in [0.25, 0.3) is 0 Å². The van der Waals surface area contributed by atoms with Crippen molar-refractivity contribution < 1.29 is 9.53 Å². The molecule has 0 saturated heterocycles. The lowest BCUT2D eigenvalue weighted by Gasteiger charge is -2.17. The molecule has 2 N–H and O–H groups in total. The number of benzene rings is 1. The number of nitrogens with zero attached hydrogens (tertiary/aromatic N) is 1. The first-order chi connectivity index (χ1) is 7.54. The predicted molar refractivity (Wildman–Crippen MR) is 64.2 cm³/mol. The van der Waals surface area contributed by atoms with Crippen LogP contribution in [0.2, 0.25) is 5.02 Å². The Kier molecular flexibility index (Phi) is 4.58. The maximum absolute atomic E-state index is 11.5. The summed E-state index contributed by atoms with van der Waals surface area (Å²) < 4.78 is 4.77. The molecule has 1 rings (SSSR count). The smallest absolute Gasteiger partial charge is 0.248 e. The number of nitrogen functional groups attached to an aromatic ring is 1. The first-order valence-corrected chi connectivity index (χ1v) is 5.19. The zero-order chi connectivity index (χ0) is 12.1. The third-order valence-corrected chi connectivity index (χ3v) is 2.54. The van der Waals surface area contributed by atoms with E-state index in [1.807, 2.05) is 0 Å². The number of ether oxygens (including phenoxy) is 1. The van der Waals surface area contributed by atoms with Crippen LogP contribution >= 0.6 is 11.6 Å². The monoisotopic (exact) mass is 242 g/mol. The van der Waals surface area contributed by atoms with Crippen molar-refractivity contribution in [1.82, 2.24) is 4.90 Å². The molecule has 0 aromatic heterocycles. The number of methoxy groups -OCH3 is 1. The van der Waals surface area contributed by atoms with Gasteiger partial charge in [0.2, 0.25) is 5.91 Å². The van der Waals surface area contributed by atoms with Crippen molar-refractivity contribution in [3.05, 3.63) is 28.8 Å². The van der Waals surface area contributed by atoms with E-state index in [0.29, 0.717) is 17.3 Å². The molecule has 0 aliphatic carbocycles. The molecule has 0 aliphatic heterocycles. The second-order valence-corrected chi connectivity index (χ2v) is 3.94. The van der Waals surface area contributed by atoms with Crippen LogP contribution in [-0.2, 0) is 16.1 Å². The van der Waals surface area contributed by atoms with E-state index >= 15 is 0 Å². The number of rotatable bonds is 4. The lowest BCUT2D eigenvalue weighted by Crippen LogP contribution is -2.29. The van der Waals surface area contributed by atoms with Gasteiger partial charge in [-0.15, -0.1) is 0 Å². The van der Waals surface area contributed by atoms with E-state index in [2.05, 4.69) is 0 Å². The molecule has 4 nitrogen and oxygen atoms in total. The number of likely N-dealkylation sites (N-methyl/N-ethyl adjacent to an activating group) is 1. The minimum absolute atomic E-state index is 0.0659. The van der Waals surface area contributed by atoms with Crippen molar-refractivity contribution in [2.45, 2.75) is 6.54 Å². The third kappa shape index (κ3) is 3.40. The molecular weight excluding hydrogens is 228 g/mol. The van der Waals surface area contributed by atoms with Gasteiger partial charge in [-0.3, -0.25) is 4.79 Å². The van der Waals surface area contributed by atoms with E-state index in [4.69, 9.17) is 22.1 Å². The summed E-state index contributed by atoms with van der Waals surface area (Å²) in [4.78, 5) is 13.0. The molecule has 0 fully saturated rings. The molecule has 0 spiro atoms. The number of nitrogens with two attached hydrogens (primary N) is 1. The standard InChI is InChI=1S/C11H15ClN2O2/c1-14(11(15)7-16-2)6-8-5-9(13)3-4-10(8)12/h3-5H,6-7,13H2,1-2H3. The fourth-order valence-electron chi connectivity index (χ4n) is 1.29. The molecule has 0 atom stereocenters. The van der Waals surface area contributed by atoms with E-state index in [-0.39, 0.29) is 12.5 Å². The molecule has 88 valence electrons. The van der Waals surface area contributed by atoms with Crippen molar-refractivity contribution >= 4 is 23.2 Å². The van der Waals surface area contributed by atoms with Crippen molar-refractivity contribution in [2.75, 3.05) is 26.5 Å². The topological polar surface area (TPSA) is 55.6 Å². The zero-order valence-corrected chi connectivity index (χ0v) is 10.1. The highest BCUT2D eigenvalue weighted by Gasteiger charge is 2.10. The molecular formula is C11H15ClN2O2. The van der Waals surface area contributed by atoms with Gasteiger partial charge in [-0.2, -0.15) is 0 Å². The summed E-state index contributed by atoms with van der Waals surface area (Å²) >= 11 is 6.00. The Hall–Kier alpha value is -1.26. The summed E-state index contributed by atoms with van der Waals surface area (Å²) in [5.41, 5.74) is 7.11. The van der Waals surface area contributed by atoms with Crippen LogP contribution in [0.1, 0.15) is 5.56 Å². The molecule has 5 heteroatoms. The van der Waals surface area contributed by atoms with E-state index in [0.717, 1.165) is 5.56 Å². The Balaban J connectivity index is 2.72. The maximum atomic E-state index is 11.5. The first kappa shape index (κ1) is 12.8. The highest BCUT2D eigenvalue weighted by molar-refractivity contribution is 6.31. The molecule has 0 heterocycles. The normalized spacial score (nSPS) is 10.2. The summed E-state index contributed by atoms with van der Waals surface area (Å²) in [5.74, 6) is -0.0963. The van der Waals surface area contributed by atoms with Crippen molar-refractivity contribution in [1.29, 1.82) is 0 Å². The Morgan fingerprint density at radius 1 is 1.56 bits per heavy atom. The van der Waals surface area contributed by atoms with Crippen LogP contribution in [0.15, 0.2) is 18.2 Å². The van der Waals surface area contributed by atoms with Crippen LogP contribution < -0.4 is 5.73 Å². The van der Waals surface area contributed by atoms with Crippen LogP contribution in [0, 0.1) is 0 Å². The molecule has 0 aliphatic rings. The Bertz CT molecular complexity index is 382. The second-order valence-electron chi connectivity index (χ2n) is 3.53. The number of carbonyl (C=O) groups is 1. The molecule has 1 aromatic rings. The number of amides is 1. The minimum Gasteiger partial charge on any atom is -0.399 e. The number of carbonyl (C=O) groups excluding carboxylic acids is 1. The number of halogens is 1. The largest absolute Gasteiger partial charge is 0.399 e. The first-order valence-electron chi connectivity index (χ1n) is 4.81. The third-order valence-electron chi connectivity index (χ3n) is 2.17. The van der Waals surface area contributed by atoms with E-state index in [1.165, 1.54) is 7.11 Å². The Morgan fingerprint density at radius 3 is 2.88 bits per heavy atom. The summed E-state index contributed by atoms with van der Waals surface area (Å²) in [5, 5.41) is 0.603. The van der Waals surface area contributed by atoms with E-state index < -0.39 is 0 Å². The Labute approximate surface area is 99.9 Å². The van der Waals surface area contributed by atoms with Crippen molar-refractivity contribution in [3.63, 3.8) is 0 Å². The predicted octanol–water partition coefficient (Wildman–Crippen LogP) is 1.53. The summed E-state index contributed by atoms with van der Waals surface area (Å²) in [6.07, 6.45) is 0. The van der Waals surface area contributed by atoms with Gasteiger partial charge in [0.1, 0.15) is 6.61 Å². The molecule has 0 unspecified atom stereocenters. The molecule has 0 radical (unpaired) electrons. The van der Waals surface area contributed by atoms with Gasteiger partial charge in [-0.05, 0) is 23.8 Å². The van der Waals surface area contributed by atoms with Crippen molar-refractivity contribution in [3.8, 4) is 0 Å². The van der Waals surface area contributed by atoms with Gasteiger partial charge >= 0.3 is 0 Å². The zero-order valence-electron chi connectivity index (χ0n) is 9.37. The van der Waals surface area contributed by atoms with Crippen LogP contribution in [0.5, 0.6) is 0 Å².